The number of carbonyl (C=O) groups excluding carboxylic acids is 1. The number of nitrogens with zero attached hydrogens (tertiary/aromatic N) is 2. The number of anilines is 1. The summed E-state index contributed by atoms with van der Waals surface area (Å²) in [5.74, 6) is -0.423. The van der Waals surface area contributed by atoms with Crippen LogP contribution in [0.2, 0.25) is 0 Å². The molecule has 0 aromatic carbocycles. The Balaban J connectivity index is 3.07. The molecule has 0 atom stereocenters. The second-order valence-corrected chi connectivity index (χ2v) is 3.47. The van der Waals surface area contributed by atoms with E-state index >= 15 is 0 Å². The third kappa shape index (κ3) is 2.47. The molecule has 1 rings (SSSR count). The van der Waals surface area contributed by atoms with Gasteiger partial charge in [-0.15, -0.1) is 0 Å². The Bertz CT molecular complexity index is 367. The number of carbonyl (C=O) groups is 1. The lowest BCUT2D eigenvalue weighted by molar-refractivity contribution is 0.0510. The third-order valence-electron chi connectivity index (χ3n) is 1.68. The second-order valence-electron chi connectivity index (χ2n) is 2.68. The maximum Gasteiger partial charge on any atom is 0.357 e. The van der Waals surface area contributed by atoms with Gasteiger partial charge in [-0.25, -0.2) is 9.18 Å². The van der Waals surface area contributed by atoms with Gasteiger partial charge in [-0.2, -0.15) is 5.10 Å². The maximum atomic E-state index is 12.2. The molecular formula is C8H11BrFN3O2. The van der Waals surface area contributed by atoms with E-state index in [1.165, 1.54) is 4.68 Å². The summed E-state index contributed by atoms with van der Waals surface area (Å²) in [7, 11) is 0. The number of nitrogens with two attached hydrogens (primary N) is 1. The van der Waals surface area contributed by atoms with E-state index in [0.717, 1.165) is 0 Å². The fourth-order valence-corrected chi connectivity index (χ4v) is 1.54. The molecular weight excluding hydrogens is 269 g/mol. The predicted molar refractivity (Wildman–Crippen MR) is 56.3 cm³/mol. The highest BCUT2D eigenvalue weighted by molar-refractivity contribution is 9.10. The van der Waals surface area contributed by atoms with Crippen molar-refractivity contribution in [3.8, 4) is 0 Å². The van der Waals surface area contributed by atoms with Gasteiger partial charge in [-0.1, -0.05) is 0 Å². The van der Waals surface area contributed by atoms with Gasteiger partial charge in [0, 0.05) is 0 Å². The van der Waals surface area contributed by atoms with Crippen LogP contribution in [0, 0.1) is 0 Å². The van der Waals surface area contributed by atoms with Crippen LogP contribution in [0.1, 0.15) is 17.4 Å². The predicted octanol–water partition coefficient (Wildman–Crippen LogP) is 1.37. The first kappa shape index (κ1) is 12.0. The molecule has 2 N–H and O–H groups in total. The molecule has 1 aromatic heterocycles. The largest absolute Gasteiger partial charge is 0.461 e. The van der Waals surface area contributed by atoms with Crippen molar-refractivity contribution in [2.45, 2.75) is 13.5 Å². The van der Waals surface area contributed by atoms with E-state index < -0.39 is 12.6 Å². The van der Waals surface area contributed by atoms with Gasteiger partial charge < -0.3 is 10.5 Å². The van der Waals surface area contributed by atoms with Crippen LogP contribution < -0.4 is 5.73 Å². The highest BCUT2D eigenvalue weighted by atomic mass is 79.9. The Morgan fingerprint density at radius 3 is 2.93 bits per heavy atom. The molecule has 0 saturated carbocycles. The highest BCUT2D eigenvalue weighted by Gasteiger charge is 2.21. The van der Waals surface area contributed by atoms with Crippen LogP contribution in [0.25, 0.3) is 0 Å². The number of nitrogen functional groups attached to an aromatic ring is 1. The van der Waals surface area contributed by atoms with E-state index in [1.807, 2.05) is 0 Å². The Kier molecular flexibility index (Phi) is 4.07. The van der Waals surface area contributed by atoms with Crippen molar-refractivity contribution in [2.24, 2.45) is 0 Å². The van der Waals surface area contributed by atoms with E-state index in [4.69, 9.17) is 10.5 Å². The number of hydrogen-bond acceptors (Lipinski definition) is 4. The molecule has 1 aromatic rings. The van der Waals surface area contributed by atoms with Gasteiger partial charge in [0.1, 0.15) is 6.67 Å². The molecule has 15 heavy (non-hydrogen) atoms. The molecule has 0 saturated heterocycles. The first-order valence-electron chi connectivity index (χ1n) is 4.36. The standard InChI is InChI=1S/C8H11BrFN3O2/c1-2-15-8(14)6-5(9)7(11)12-13(6)4-3-10/h2-4H2,1H3,(H2,11,12). The van der Waals surface area contributed by atoms with Crippen LogP contribution in [0.15, 0.2) is 4.47 Å². The number of aryl methyl sites for hydroxylation is 1. The first-order chi connectivity index (χ1) is 7.11. The van der Waals surface area contributed by atoms with E-state index in [1.54, 1.807) is 6.92 Å². The molecule has 7 heteroatoms. The maximum absolute atomic E-state index is 12.2. The number of ether oxygens (including phenoxy) is 1. The van der Waals surface area contributed by atoms with Crippen molar-refractivity contribution in [1.82, 2.24) is 9.78 Å². The van der Waals surface area contributed by atoms with E-state index in [-0.39, 0.29) is 24.7 Å². The van der Waals surface area contributed by atoms with Crippen molar-refractivity contribution in [3.63, 3.8) is 0 Å². The quantitative estimate of drug-likeness (QED) is 0.846. The van der Waals surface area contributed by atoms with E-state index in [2.05, 4.69) is 21.0 Å². The van der Waals surface area contributed by atoms with E-state index in [0.29, 0.717) is 4.47 Å². The molecule has 0 aliphatic carbocycles. The molecule has 84 valence electrons. The van der Waals surface area contributed by atoms with Gasteiger partial charge in [0.2, 0.25) is 0 Å². The SMILES string of the molecule is CCOC(=O)c1c(Br)c(N)nn1CCF. The lowest BCUT2D eigenvalue weighted by atomic mass is 10.4. The van der Waals surface area contributed by atoms with Crippen molar-refractivity contribution in [3.05, 3.63) is 10.2 Å². The summed E-state index contributed by atoms with van der Waals surface area (Å²) in [6.07, 6.45) is 0. The molecule has 0 aliphatic heterocycles. The Morgan fingerprint density at radius 2 is 2.40 bits per heavy atom. The molecule has 0 aliphatic rings. The summed E-state index contributed by atoms with van der Waals surface area (Å²) in [5.41, 5.74) is 5.64. The molecule has 0 amide bonds. The van der Waals surface area contributed by atoms with Crippen molar-refractivity contribution in [2.75, 3.05) is 19.0 Å². The molecule has 0 radical (unpaired) electrons. The van der Waals surface area contributed by atoms with Gasteiger partial charge in [0.05, 0.1) is 17.6 Å². The minimum Gasteiger partial charge on any atom is -0.461 e. The minimum atomic E-state index is -0.625. The molecule has 1 heterocycles. The average Bonchev–Trinajstić information content (AvgIpc) is 2.44. The van der Waals surface area contributed by atoms with Crippen molar-refractivity contribution >= 4 is 27.7 Å². The molecule has 0 fully saturated rings. The van der Waals surface area contributed by atoms with Crippen LogP contribution >= 0.6 is 15.9 Å². The molecule has 0 unspecified atom stereocenters. The second kappa shape index (κ2) is 5.11. The number of esters is 1. The number of hydrogen-bond donors (Lipinski definition) is 1. The number of alkyl halides is 1. The summed E-state index contributed by atoms with van der Waals surface area (Å²) in [6.45, 7) is 1.28. The number of rotatable bonds is 4. The van der Waals surface area contributed by atoms with Crippen molar-refractivity contribution < 1.29 is 13.9 Å². The van der Waals surface area contributed by atoms with Gasteiger partial charge >= 0.3 is 5.97 Å². The summed E-state index contributed by atoms with van der Waals surface area (Å²) in [6, 6.07) is 0. The summed E-state index contributed by atoms with van der Waals surface area (Å²) in [5, 5.41) is 3.81. The normalized spacial score (nSPS) is 10.3. The smallest absolute Gasteiger partial charge is 0.357 e. The summed E-state index contributed by atoms with van der Waals surface area (Å²) >= 11 is 3.11. The fourth-order valence-electron chi connectivity index (χ4n) is 1.09. The zero-order valence-corrected chi connectivity index (χ0v) is 9.75. The Morgan fingerprint density at radius 1 is 1.73 bits per heavy atom. The topological polar surface area (TPSA) is 70.1 Å². The Hall–Kier alpha value is -1.11. The van der Waals surface area contributed by atoms with Gasteiger partial charge in [0.25, 0.3) is 0 Å². The summed E-state index contributed by atoms with van der Waals surface area (Å²) in [4.78, 5) is 11.5. The number of halogens is 2. The van der Waals surface area contributed by atoms with Crippen LogP contribution in [0.5, 0.6) is 0 Å². The zero-order chi connectivity index (χ0) is 11.4. The fraction of sp³-hybridized carbons (Fsp3) is 0.500. The average molecular weight is 280 g/mol. The van der Waals surface area contributed by atoms with Crippen LogP contribution in [0.4, 0.5) is 10.2 Å². The minimum absolute atomic E-state index is 0.0239. The lowest BCUT2D eigenvalue weighted by Gasteiger charge is -2.04. The lowest BCUT2D eigenvalue weighted by Crippen LogP contribution is -2.14. The molecule has 5 nitrogen and oxygen atoms in total. The van der Waals surface area contributed by atoms with Crippen LogP contribution in [-0.2, 0) is 11.3 Å². The monoisotopic (exact) mass is 279 g/mol. The molecule has 0 bridgehead atoms. The zero-order valence-electron chi connectivity index (χ0n) is 8.17. The van der Waals surface area contributed by atoms with Gasteiger partial charge in [0.15, 0.2) is 11.5 Å². The van der Waals surface area contributed by atoms with Gasteiger partial charge in [-0.3, -0.25) is 4.68 Å². The van der Waals surface area contributed by atoms with Crippen LogP contribution in [-0.4, -0.2) is 29.0 Å². The van der Waals surface area contributed by atoms with E-state index in [9.17, 15) is 9.18 Å². The Labute approximate surface area is 94.5 Å². The number of aromatic nitrogens is 2. The highest BCUT2D eigenvalue weighted by Crippen LogP contribution is 2.24. The van der Waals surface area contributed by atoms with Crippen molar-refractivity contribution in [1.29, 1.82) is 0 Å². The first-order valence-corrected chi connectivity index (χ1v) is 5.16. The van der Waals surface area contributed by atoms with Crippen LogP contribution in [0.3, 0.4) is 0 Å². The molecule has 0 spiro atoms. The van der Waals surface area contributed by atoms with Gasteiger partial charge in [-0.05, 0) is 22.9 Å². The summed E-state index contributed by atoms with van der Waals surface area (Å²) < 4.78 is 18.5. The third-order valence-corrected chi connectivity index (χ3v) is 2.47.